The topological polar surface area (TPSA) is 12.9 Å². The number of rotatable bonds is 1. The Kier molecular flexibility index (Phi) is 1.20. The summed E-state index contributed by atoms with van der Waals surface area (Å²) in [5.41, 5.74) is 0.834. The van der Waals surface area contributed by atoms with Crippen molar-refractivity contribution in [2.24, 2.45) is 0 Å². The quantitative estimate of drug-likeness (QED) is 0.632. The van der Waals surface area contributed by atoms with Gasteiger partial charge < -0.3 is 0 Å². The molecule has 1 nitrogen and oxygen atoms in total. The molecule has 0 aliphatic carbocycles. The summed E-state index contributed by atoms with van der Waals surface area (Å²) in [4.78, 5) is 3.48. The molecule has 1 heterocycles. The van der Waals surface area contributed by atoms with Gasteiger partial charge in [0.25, 0.3) is 0 Å². The number of pyridine rings is 1. The smallest absolute Gasteiger partial charge is 0.213 e. The highest BCUT2D eigenvalue weighted by Gasteiger charge is 2.02. The van der Waals surface area contributed by atoms with Crippen LogP contribution in [0, 0.1) is 12.9 Å². The maximum absolute atomic E-state index is 13.0. The second kappa shape index (κ2) is 3.58. The zero-order valence-corrected chi connectivity index (χ0v) is 7.48. The van der Waals surface area contributed by atoms with Crippen molar-refractivity contribution in [1.82, 2.24) is 4.98 Å². The molecule has 0 radical (unpaired) electrons. The van der Waals surface area contributed by atoms with Gasteiger partial charge in [-0.2, -0.15) is 4.39 Å². The van der Waals surface area contributed by atoms with Gasteiger partial charge in [-0.25, -0.2) is 4.98 Å². The number of aromatic nitrogens is 1. The Labute approximate surface area is 89.3 Å². The van der Waals surface area contributed by atoms with E-state index in [0.717, 1.165) is 6.07 Å². The molecule has 0 amide bonds. The summed E-state index contributed by atoms with van der Waals surface area (Å²) in [6.07, 6.45) is 1.18. The van der Waals surface area contributed by atoms with E-state index in [1.165, 1.54) is 6.20 Å². The van der Waals surface area contributed by atoms with Crippen molar-refractivity contribution in [2.75, 3.05) is 0 Å². The van der Waals surface area contributed by atoms with Crippen molar-refractivity contribution < 1.29 is 11.2 Å². The Morgan fingerprint density at radius 3 is 2.64 bits per heavy atom. The summed E-state index contributed by atoms with van der Waals surface area (Å²) in [6, 6.07) is -0.758. The monoisotopic (exact) mass is 192 g/mol. The molecule has 0 saturated carbocycles. The van der Waals surface area contributed by atoms with Gasteiger partial charge in [-0.15, -0.1) is 0 Å². The van der Waals surface area contributed by atoms with Crippen LogP contribution in [0.1, 0.15) is 12.4 Å². The van der Waals surface area contributed by atoms with Crippen LogP contribution in [-0.2, 0) is 0 Å². The summed E-state index contributed by atoms with van der Waals surface area (Å²) in [5.74, 6) is -0.673. The van der Waals surface area contributed by atoms with Gasteiger partial charge >= 0.3 is 0 Å². The molecule has 0 spiro atoms. The molecule has 0 aliphatic rings. The van der Waals surface area contributed by atoms with E-state index in [4.69, 9.17) is 6.85 Å². The fourth-order valence-corrected chi connectivity index (χ4v) is 1.17. The molecule has 0 bridgehead atoms. The number of halogens is 1. The molecule has 0 unspecified atom stereocenters. The van der Waals surface area contributed by atoms with Gasteiger partial charge in [-0.1, -0.05) is 30.2 Å². The first-order valence-electron chi connectivity index (χ1n) is 6.54. The zero-order chi connectivity index (χ0) is 14.3. The summed E-state index contributed by atoms with van der Waals surface area (Å²) in [5, 5.41) is 0. The molecule has 1 aromatic carbocycles. The van der Waals surface area contributed by atoms with Crippen LogP contribution in [0.3, 0.4) is 0 Å². The first-order valence-corrected chi connectivity index (χ1v) is 4.04. The number of aryl methyl sites for hydroxylation is 1. The second-order valence-electron chi connectivity index (χ2n) is 2.82. The first-order chi connectivity index (χ1) is 8.84. The van der Waals surface area contributed by atoms with Crippen molar-refractivity contribution in [3.05, 3.63) is 54.0 Å². The van der Waals surface area contributed by atoms with Gasteiger partial charge in [-0.05, 0) is 24.1 Å². The Morgan fingerprint density at radius 2 is 2.00 bits per heavy atom. The number of hydrogen-bond donors (Lipinski definition) is 0. The van der Waals surface area contributed by atoms with E-state index in [1.807, 2.05) is 0 Å². The van der Waals surface area contributed by atoms with Gasteiger partial charge in [0.1, 0.15) is 0 Å². The average Bonchev–Trinajstić information content (AvgIpc) is 2.37. The Morgan fingerprint density at radius 1 is 1.29 bits per heavy atom. The molecular formula is C12H10FN. The molecule has 1 aromatic heterocycles. The van der Waals surface area contributed by atoms with Crippen LogP contribution >= 0.6 is 0 Å². The lowest BCUT2D eigenvalue weighted by Crippen LogP contribution is -1.88. The minimum Gasteiger partial charge on any atom is -0.228 e. The van der Waals surface area contributed by atoms with E-state index in [1.54, 1.807) is 6.92 Å². The number of hydrogen-bond acceptors (Lipinski definition) is 1. The van der Waals surface area contributed by atoms with Gasteiger partial charge in [0, 0.05) is 11.8 Å². The van der Waals surface area contributed by atoms with Crippen molar-refractivity contribution in [3.8, 4) is 11.1 Å². The third-order valence-electron chi connectivity index (χ3n) is 1.85. The molecule has 0 saturated heterocycles. The molecule has 2 heteroatoms. The highest BCUT2D eigenvalue weighted by molar-refractivity contribution is 5.65. The highest BCUT2D eigenvalue weighted by atomic mass is 19.1. The predicted octanol–water partition coefficient (Wildman–Crippen LogP) is 3.20. The zero-order valence-electron chi connectivity index (χ0n) is 12.5. The second-order valence-corrected chi connectivity index (χ2v) is 2.82. The van der Waals surface area contributed by atoms with E-state index < -0.39 is 24.1 Å². The molecule has 0 N–H and O–H groups in total. The Balaban J connectivity index is 2.83. The minimum atomic E-state index is -0.673. The van der Waals surface area contributed by atoms with Crippen LogP contribution in [0.5, 0.6) is 0 Å². The highest BCUT2D eigenvalue weighted by Crippen LogP contribution is 2.21. The summed E-state index contributed by atoms with van der Waals surface area (Å²) < 4.78 is 51.3. The van der Waals surface area contributed by atoms with Gasteiger partial charge in [0.15, 0.2) is 0 Å². The summed E-state index contributed by atoms with van der Waals surface area (Å²) in [7, 11) is 0. The van der Waals surface area contributed by atoms with Crippen LogP contribution in [0.4, 0.5) is 4.39 Å². The third kappa shape index (κ3) is 1.64. The SMILES string of the molecule is [2H]c1c([2H])c([2H])c(-c2cnc(F)cc2C)c([2H])c1[2H]. The van der Waals surface area contributed by atoms with Gasteiger partial charge in [0.2, 0.25) is 5.95 Å². The third-order valence-corrected chi connectivity index (χ3v) is 1.85. The largest absolute Gasteiger partial charge is 0.228 e. The van der Waals surface area contributed by atoms with E-state index >= 15 is 0 Å². The van der Waals surface area contributed by atoms with Crippen LogP contribution < -0.4 is 0 Å². The van der Waals surface area contributed by atoms with Crippen LogP contribution in [0.15, 0.2) is 42.5 Å². The average molecular weight is 192 g/mol. The summed E-state index contributed by atoms with van der Waals surface area (Å²) in [6.45, 7) is 1.60. The van der Waals surface area contributed by atoms with E-state index in [9.17, 15) is 4.39 Å². The Bertz CT molecular complexity index is 643. The van der Waals surface area contributed by atoms with Crippen LogP contribution in [0.25, 0.3) is 11.1 Å². The van der Waals surface area contributed by atoms with E-state index in [2.05, 4.69) is 4.98 Å². The van der Waals surface area contributed by atoms with Crippen LogP contribution in [-0.4, -0.2) is 4.98 Å². The molecule has 14 heavy (non-hydrogen) atoms. The lowest BCUT2D eigenvalue weighted by Gasteiger charge is -2.04. The fourth-order valence-electron chi connectivity index (χ4n) is 1.17. The number of benzene rings is 1. The Hall–Kier alpha value is -1.70. The minimum absolute atomic E-state index is 0.0380. The molecule has 0 atom stereocenters. The van der Waals surface area contributed by atoms with Gasteiger partial charge in [-0.3, -0.25) is 0 Å². The normalized spacial score (nSPS) is 15.1. The number of nitrogens with zero attached hydrogens (tertiary/aromatic N) is 1. The lowest BCUT2D eigenvalue weighted by atomic mass is 10.0. The molecule has 0 aliphatic heterocycles. The van der Waals surface area contributed by atoms with E-state index in [-0.39, 0.29) is 17.6 Å². The molecule has 70 valence electrons. The van der Waals surface area contributed by atoms with E-state index in [0.29, 0.717) is 11.1 Å². The molecule has 0 fully saturated rings. The summed E-state index contributed by atoms with van der Waals surface area (Å²) >= 11 is 0. The fraction of sp³-hybridized carbons (Fsp3) is 0.0833. The van der Waals surface area contributed by atoms with Crippen LogP contribution in [0.2, 0.25) is 0 Å². The molecule has 2 rings (SSSR count). The van der Waals surface area contributed by atoms with Crippen molar-refractivity contribution in [2.45, 2.75) is 6.92 Å². The molecular weight excluding hydrogens is 177 g/mol. The predicted molar refractivity (Wildman–Crippen MR) is 54.4 cm³/mol. The maximum atomic E-state index is 13.0. The lowest BCUT2D eigenvalue weighted by molar-refractivity contribution is 0.583. The standard InChI is InChI=1S/C12H10FN/c1-9-7-12(13)14-8-11(9)10-5-3-2-4-6-10/h2-8H,1H3/i2D,3D,4D,5D,6D. The van der Waals surface area contributed by atoms with Crippen molar-refractivity contribution in [1.29, 1.82) is 0 Å². The first kappa shape index (κ1) is 4.69. The van der Waals surface area contributed by atoms with Crippen molar-refractivity contribution >= 4 is 0 Å². The maximum Gasteiger partial charge on any atom is 0.213 e. The van der Waals surface area contributed by atoms with Crippen molar-refractivity contribution in [3.63, 3.8) is 0 Å². The van der Waals surface area contributed by atoms with Gasteiger partial charge in [0.05, 0.1) is 6.85 Å². The molecule has 2 aromatic rings.